The van der Waals surface area contributed by atoms with Crippen molar-refractivity contribution in [2.24, 2.45) is 0 Å². The van der Waals surface area contributed by atoms with Gasteiger partial charge in [-0.1, -0.05) is 12.1 Å². The quantitative estimate of drug-likeness (QED) is 0.342. The molecule has 0 fully saturated rings. The lowest BCUT2D eigenvalue weighted by Gasteiger charge is -2.13. The van der Waals surface area contributed by atoms with E-state index in [2.05, 4.69) is 20.9 Å². The molecule has 6 N–H and O–H groups in total. The number of anilines is 2. The maximum atomic E-state index is 12.6. The second kappa shape index (κ2) is 9.21. The average Bonchev–Trinajstić information content (AvgIpc) is 2.76. The molecule has 1 aromatic heterocycles. The first-order chi connectivity index (χ1) is 14.5. The van der Waals surface area contributed by atoms with Crippen LogP contribution in [0.5, 0.6) is 0 Å². The fourth-order valence-electron chi connectivity index (χ4n) is 2.93. The number of carbonyl (C=O) groups is 2. The van der Waals surface area contributed by atoms with Crippen LogP contribution in [-0.4, -0.2) is 53.3 Å². The average molecular weight is 410 g/mol. The van der Waals surface area contributed by atoms with Crippen molar-refractivity contribution in [2.45, 2.75) is 6.04 Å². The number of aliphatic hydroxyl groups excluding tert-OH is 2. The lowest BCUT2D eigenvalue weighted by Crippen LogP contribution is -2.40. The SMILES string of the molecule is CNc1cccc2cc(C(=O)Nc3ccc(C(=O)NC(CO)CO)cc3)c(=O)[nH]c12. The van der Waals surface area contributed by atoms with Crippen LogP contribution in [0.25, 0.3) is 10.9 Å². The van der Waals surface area contributed by atoms with Crippen LogP contribution in [0.15, 0.2) is 53.3 Å². The molecule has 30 heavy (non-hydrogen) atoms. The third-order valence-electron chi connectivity index (χ3n) is 4.57. The number of H-pyrrole nitrogens is 1. The van der Waals surface area contributed by atoms with Gasteiger partial charge in [0.25, 0.3) is 17.4 Å². The number of amides is 2. The Balaban J connectivity index is 1.77. The highest BCUT2D eigenvalue weighted by Gasteiger charge is 2.15. The van der Waals surface area contributed by atoms with Crippen LogP contribution in [0.3, 0.4) is 0 Å². The summed E-state index contributed by atoms with van der Waals surface area (Å²) in [5.41, 5.74) is 1.50. The van der Waals surface area contributed by atoms with Crippen molar-refractivity contribution in [3.63, 3.8) is 0 Å². The van der Waals surface area contributed by atoms with Crippen molar-refractivity contribution in [1.29, 1.82) is 0 Å². The minimum atomic E-state index is -0.750. The third kappa shape index (κ3) is 4.48. The Morgan fingerprint density at radius 3 is 2.37 bits per heavy atom. The first-order valence-corrected chi connectivity index (χ1v) is 9.24. The van der Waals surface area contributed by atoms with Crippen LogP contribution in [-0.2, 0) is 0 Å². The molecule has 0 bridgehead atoms. The summed E-state index contributed by atoms with van der Waals surface area (Å²) in [6.07, 6.45) is 0. The Morgan fingerprint density at radius 2 is 1.73 bits per heavy atom. The second-order valence-corrected chi connectivity index (χ2v) is 6.60. The lowest BCUT2D eigenvalue weighted by atomic mass is 10.1. The number of benzene rings is 2. The number of hydrogen-bond acceptors (Lipinski definition) is 6. The Bertz CT molecular complexity index is 1120. The molecule has 3 aromatic rings. The van der Waals surface area contributed by atoms with Crippen molar-refractivity contribution < 1.29 is 19.8 Å². The van der Waals surface area contributed by atoms with Gasteiger partial charge in [-0.3, -0.25) is 14.4 Å². The zero-order valence-electron chi connectivity index (χ0n) is 16.2. The number of para-hydroxylation sites is 1. The third-order valence-corrected chi connectivity index (χ3v) is 4.57. The van der Waals surface area contributed by atoms with Gasteiger partial charge in [-0.05, 0) is 36.4 Å². The molecule has 9 heteroatoms. The van der Waals surface area contributed by atoms with E-state index in [0.29, 0.717) is 22.2 Å². The molecule has 0 saturated heterocycles. The van der Waals surface area contributed by atoms with Crippen molar-refractivity contribution in [2.75, 3.05) is 30.9 Å². The molecule has 0 unspecified atom stereocenters. The summed E-state index contributed by atoms with van der Waals surface area (Å²) in [7, 11) is 1.74. The molecule has 0 aliphatic heterocycles. The maximum Gasteiger partial charge on any atom is 0.261 e. The zero-order chi connectivity index (χ0) is 21.7. The molecule has 0 aliphatic rings. The molecule has 0 atom stereocenters. The first kappa shape index (κ1) is 21.0. The molecular weight excluding hydrogens is 388 g/mol. The molecule has 0 saturated carbocycles. The van der Waals surface area contributed by atoms with Gasteiger partial charge < -0.3 is 31.1 Å². The standard InChI is InChI=1S/C21H22N4O5/c1-22-17-4-2-3-13-9-16(21(30)25-18(13)17)20(29)23-14-7-5-12(6-8-14)19(28)24-15(10-26)11-27/h2-9,15,22,26-27H,10-11H2,1H3,(H,23,29)(H,24,28)(H,25,30). The highest BCUT2D eigenvalue weighted by molar-refractivity contribution is 6.06. The van der Waals surface area contributed by atoms with Gasteiger partial charge >= 0.3 is 0 Å². The van der Waals surface area contributed by atoms with Crippen molar-refractivity contribution in [3.8, 4) is 0 Å². The smallest absolute Gasteiger partial charge is 0.261 e. The largest absolute Gasteiger partial charge is 0.394 e. The molecule has 2 aromatic carbocycles. The number of fused-ring (bicyclic) bond motifs is 1. The number of pyridine rings is 1. The van der Waals surface area contributed by atoms with Gasteiger partial charge in [0.15, 0.2) is 0 Å². The second-order valence-electron chi connectivity index (χ2n) is 6.60. The van der Waals surface area contributed by atoms with Crippen LogP contribution in [0.1, 0.15) is 20.7 Å². The van der Waals surface area contributed by atoms with E-state index in [1.54, 1.807) is 13.1 Å². The monoisotopic (exact) mass is 410 g/mol. The molecule has 1 heterocycles. The summed E-state index contributed by atoms with van der Waals surface area (Å²) in [5.74, 6) is -1.04. The van der Waals surface area contributed by atoms with Crippen molar-refractivity contribution >= 4 is 34.1 Å². The molecule has 0 radical (unpaired) electrons. The highest BCUT2D eigenvalue weighted by atomic mass is 16.3. The van der Waals surface area contributed by atoms with Crippen LogP contribution < -0.4 is 21.5 Å². The number of aromatic amines is 1. The Labute approximate surface area is 171 Å². The van der Waals surface area contributed by atoms with Gasteiger partial charge in [0.05, 0.1) is 30.5 Å². The highest BCUT2D eigenvalue weighted by Crippen LogP contribution is 2.20. The number of aliphatic hydroxyl groups is 2. The van der Waals surface area contributed by atoms with E-state index in [1.807, 2.05) is 12.1 Å². The first-order valence-electron chi connectivity index (χ1n) is 9.24. The van der Waals surface area contributed by atoms with Gasteiger partial charge in [-0.15, -0.1) is 0 Å². The van der Waals surface area contributed by atoms with E-state index < -0.39 is 23.4 Å². The summed E-state index contributed by atoms with van der Waals surface area (Å²) in [4.78, 5) is 39.8. The van der Waals surface area contributed by atoms with E-state index >= 15 is 0 Å². The lowest BCUT2D eigenvalue weighted by molar-refractivity contribution is 0.0879. The molecule has 0 spiro atoms. The fraction of sp³-hybridized carbons (Fsp3) is 0.190. The normalized spacial score (nSPS) is 10.8. The van der Waals surface area contributed by atoms with Crippen molar-refractivity contribution in [3.05, 3.63) is 70.0 Å². The predicted molar refractivity (Wildman–Crippen MR) is 114 cm³/mol. The molecule has 156 valence electrons. The Kier molecular flexibility index (Phi) is 6.45. The minimum absolute atomic E-state index is 0.0358. The fourth-order valence-corrected chi connectivity index (χ4v) is 2.93. The van der Waals surface area contributed by atoms with Gasteiger partial charge in [0.2, 0.25) is 0 Å². The molecular formula is C21H22N4O5. The number of nitrogens with one attached hydrogen (secondary N) is 4. The van der Waals surface area contributed by atoms with Gasteiger partial charge in [0, 0.05) is 23.7 Å². The molecule has 0 aliphatic carbocycles. The Morgan fingerprint density at radius 1 is 1.03 bits per heavy atom. The number of hydrogen-bond donors (Lipinski definition) is 6. The van der Waals surface area contributed by atoms with Gasteiger partial charge in [-0.2, -0.15) is 0 Å². The summed E-state index contributed by atoms with van der Waals surface area (Å²) >= 11 is 0. The maximum absolute atomic E-state index is 12.6. The molecule has 3 rings (SSSR count). The number of rotatable bonds is 7. The predicted octanol–water partition coefficient (Wildman–Crippen LogP) is 0.905. The van der Waals surface area contributed by atoms with Crippen LogP contribution >= 0.6 is 0 Å². The van der Waals surface area contributed by atoms with Gasteiger partial charge in [0.1, 0.15) is 5.56 Å². The Hall–Kier alpha value is -3.69. The van der Waals surface area contributed by atoms with E-state index in [9.17, 15) is 14.4 Å². The van der Waals surface area contributed by atoms with E-state index in [4.69, 9.17) is 10.2 Å². The summed E-state index contributed by atoms with van der Waals surface area (Å²) in [6, 6.07) is 12.2. The molecule has 9 nitrogen and oxygen atoms in total. The summed E-state index contributed by atoms with van der Waals surface area (Å²) in [5, 5.41) is 26.9. The van der Waals surface area contributed by atoms with Crippen LogP contribution in [0.4, 0.5) is 11.4 Å². The minimum Gasteiger partial charge on any atom is -0.394 e. The van der Waals surface area contributed by atoms with E-state index in [0.717, 1.165) is 5.69 Å². The van der Waals surface area contributed by atoms with Gasteiger partial charge in [-0.25, -0.2) is 0 Å². The number of aromatic nitrogens is 1. The number of carbonyl (C=O) groups excluding carboxylic acids is 2. The summed E-state index contributed by atoms with van der Waals surface area (Å²) < 4.78 is 0. The van der Waals surface area contributed by atoms with Crippen molar-refractivity contribution in [1.82, 2.24) is 10.3 Å². The van der Waals surface area contributed by atoms with E-state index in [1.165, 1.54) is 30.3 Å². The molecule has 2 amide bonds. The summed E-state index contributed by atoms with van der Waals surface area (Å²) in [6.45, 7) is -0.765. The van der Waals surface area contributed by atoms with Crippen LogP contribution in [0, 0.1) is 0 Å². The zero-order valence-corrected chi connectivity index (χ0v) is 16.2. The topological polar surface area (TPSA) is 144 Å². The van der Waals surface area contributed by atoms with Crippen LogP contribution in [0.2, 0.25) is 0 Å². The van der Waals surface area contributed by atoms with E-state index in [-0.39, 0.29) is 18.8 Å².